The Morgan fingerprint density at radius 1 is 1.14 bits per heavy atom. The van der Waals surface area contributed by atoms with Gasteiger partial charge in [-0.05, 0) is 62.9 Å². The summed E-state index contributed by atoms with van der Waals surface area (Å²) >= 11 is 7.04. The van der Waals surface area contributed by atoms with Gasteiger partial charge in [0.1, 0.15) is 0 Å². The van der Waals surface area contributed by atoms with Gasteiger partial charge in [0.05, 0.1) is 5.25 Å². The second-order valence-corrected chi connectivity index (χ2v) is 6.84. The Labute approximate surface area is 116 Å². The highest BCUT2D eigenvalue weighted by atomic mass is 127. The maximum atomic E-state index is 2.50. The lowest BCUT2D eigenvalue weighted by Crippen LogP contribution is -2.02. The summed E-state index contributed by atoms with van der Waals surface area (Å²) in [6.45, 7) is 0. The van der Waals surface area contributed by atoms with E-state index in [1.165, 1.54) is 24.9 Å². The molecule has 0 N–H and O–H groups in total. The zero-order valence-corrected chi connectivity index (χ0v) is 12.7. The molecule has 2 rings (SSSR count). The van der Waals surface area contributed by atoms with Crippen molar-refractivity contribution in [2.24, 2.45) is 0 Å². The molecule has 1 aromatic carbocycles. The van der Waals surface area contributed by atoms with Crippen molar-refractivity contribution >= 4 is 56.9 Å². The van der Waals surface area contributed by atoms with E-state index in [4.69, 9.17) is 0 Å². The summed E-state index contributed by atoms with van der Waals surface area (Å²) in [4.78, 5) is 0. The van der Waals surface area contributed by atoms with Crippen molar-refractivity contribution in [2.45, 2.75) is 11.7 Å². The number of thioether (sulfide) groups is 1. The van der Waals surface area contributed by atoms with E-state index in [9.17, 15) is 0 Å². The molecule has 0 spiro atoms. The largest absolute Gasteiger partial charge is 0.148 e. The lowest BCUT2D eigenvalue weighted by molar-refractivity contribution is 1.11. The number of hydrogen-bond acceptors (Lipinski definition) is 1. The van der Waals surface area contributed by atoms with Crippen molar-refractivity contribution in [1.29, 1.82) is 0 Å². The van der Waals surface area contributed by atoms with Crippen molar-refractivity contribution in [2.75, 3.05) is 5.75 Å². The van der Waals surface area contributed by atoms with Crippen molar-refractivity contribution in [3.63, 3.8) is 0 Å². The average Bonchev–Trinajstić information content (AvgIpc) is 2.23. The third kappa shape index (κ3) is 2.47. The van der Waals surface area contributed by atoms with Crippen LogP contribution in [0.15, 0.2) is 37.5 Å². The SMILES string of the molecule is IC1=C(I)C(c2ccccc2)SCC1. The molecular formula is C11H10I2S. The summed E-state index contributed by atoms with van der Waals surface area (Å²) in [6.07, 6.45) is 1.24. The van der Waals surface area contributed by atoms with Crippen LogP contribution in [0, 0.1) is 0 Å². The third-order valence-corrected chi connectivity index (χ3v) is 7.33. The smallest absolute Gasteiger partial charge is 0.0611 e. The molecule has 0 fully saturated rings. The monoisotopic (exact) mass is 428 g/mol. The molecule has 0 saturated heterocycles. The molecule has 0 saturated carbocycles. The van der Waals surface area contributed by atoms with Crippen LogP contribution in [-0.2, 0) is 0 Å². The first kappa shape index (κ1) is 11.3. The van der Waals surface area contributed by atoms with Gasteiger partial charge in [0.15, 0.2) is 0 Å². The Morgan fingerprint density at radius 3 is 2.57 bits per heavy atom. The van der Waals surface area contributed by atoms with E-state index in [0.717, 1.165) is 0 Å². The molecule has 1 aliphatic rings. The molecule has 1 aromatic rings. The highest BCUT2D eigenvalue weighted by molar-refractivity contribution is 14.1. The van der Waals surface area contributed by atoms with Gasteiger partial charge in [0, 0.05) is 7.16 Å². The van der Waals surface area contributed by atoms with Crippen molar-refractivity contribution in [3.8, 4) is 0 Å². The van der Waals surface area contributed by atoms with Gasteiger partial charge in [0.2, 0.25) is 0 Å². The standard InChI is InChI=1S/C11H10I2S/c12-9-6-7-14-11(10(9)13)8-4-2-1-3-5-8/h1-5,11H,6-7H2. The van der Waals surface area contributed by atoms with Crippen molar-refractivity contribution < 1.29 is 0 Å². The van der Waals surface area contributed by atoms with E-state index in [2.05, 4.69) is 87.3 Å². The zero-order valence-electron chi connectivity index (χ0n) is 7.54. The van der Waals surface area contributed by atoms with E-state index in [1.54, 1.807) is 0 Å². The predicted molar refractivity (Wildman–Crippen MR) is 81.3 cm³/mol. The fourth-order valence-electron chi connectivity index (χ4n) is 1.47. The van der Waals surface area contributed by atoms with Gasteiger partial charge < -0.3 is 0 Å². The van der Waals surface area contributed by atoms with E-state index in [0.29, 0.717) is 5.25 Å². The number of rotatable bonds is 1. The molecule has 0 amide bonds. The topological polar surface area (TPSA) is 0 Å². The van der Waals surface area contributed by atoms with Gasteiger partial charge in [-0.15, -0.1) is 11.8 Å². The van der Waals surface area contributed by atoms with Crippen LogP contribution in [0.5, 0.6) is 0 Å². The summed E-state index contributed by atoms with van der Waals surface area (Å²) in [6, 6.07) is 10.8. The van der Waals surface area contributed by atoms with Crippen LogP contribution < -0.4 is 0 Å². The molecule has 0 nitrogen and oxygen atoms in total. The van der Waals surface area contributed by atoms with Crippen LogP contribution >= 0.6 is 56.9 Å². The van der Waals surface area contributed by atoms with Gasteiger partial charge in [-0.1, -0.05) is 30.3 Å². The Morgan fingerprint density at radius 2 is 1.86 bits per heavy atom. The average molecular weight is 428 g/mol. The van der Waals surface area contributed by atoms with E-state index < -0.39 is 0 Å². The summed E-state index contributed by atoms with van der Waals surface area (Å²) in [5, 5.41) is 0.581. The Hall–Kier alpha value is 0.770. The van der Waals surface area contributed by atoms with E-state index >= 15 is 0 Å². The summed E-state index contributed by atoms with van der Waals surface area (Å²) in [7, 11) is 0. The van der Waals surface area contributed by atoms with Crippen molar-refractivity contribution in [3.05, 3.63) is 43.1 Å². The van der Waals surface area contributed by atoms with Gasteiger partial charge in [-0.3, -0.25) is 0 Å². The maximum absolute atomic E-state index is 2.50. The quantitative estimate of drug-likeness (QED) is 0.571. The second kappa shape index (κ2) is 5.21. The van der Waals surface area contributed by atoms with Crippen LogP contribution in [0.1, 0.15) is 17.2 Å². The normalized spacial score (nSPS) is 22.6. The van der Waals surface area contributed by atoms with Gasteiger partial charge in [0.25, 0.3) is 0 Å². The summed E-state index contributed by atoms with van der Waals surface area (Å²) < 4.78 is 3.06. The minimum absolute atomic E-state index is 0.581. The maximum Gasteiger partial charge on any atom is 0.0611 e. The molecule has 0 aromatic heterocycles. The van der Waals surface area contributed by atoms with Crippen LogP contribution in [0.3, 0.4) is 0 Å². The van der Waals surface area contributed by atoms with Crippen LogP contribution in [0.2, 0.25) is 0 Å². The highest BCUT2D eigenvalue weighted by Crippen LogP contribution is 2.47. The first-order chi connectivity index (χ1) is 6.79. The van der Waals surface area contributed by atoms with Crippen LogP contribution in [0.25, 0.3) is 0 Å². The number of halogens is 2. The molecular weight excluding hydrogens is 418 g/mol. The fourth-order valence-corrected chi connectivity index (χ4v) is 4.99. The van der Waals surface area contributed by atoms with Crippen LogP contribution in [-0.4, -0.2) is 5.75 Å². The lowest BCUT2D eigenvalue weighted by Gasteiger charge is -2.22. The Balaban J connectivity index is 2.32. The molecule has 14 heavy (non-hydrogen) atoms. The van der Waals surface area contributed by atoms with Gasteiger partial charge in [-0.2, -0.15) is 0 Å². The zero-order chi connectivity index (χ0) is 9.97. The molecule has 74 valence electrons. The minimum Gasteiger partial charge on any atom is -0.148 e. The van der Waals surface area contributed by atoms with E-state index in [1.807, 2.05) is 0 Å². The Kier molecular flexibility index (Phi) is 4.19. The lowest BCUT2D eigenvalue weighted by atomic mass is 10.1. The van der Waals surface area contributed by atoms with E-state index in [-0.39, 0.29) is 0 Å². The second-order valence-electron chi connectivity index (χ2n) is 3.16. The summed E-state index contributed by atoms with van der Waals surface area (Å²) in [5.41, 5.74) is 1.44. The Bertz CT molecular complexity index is 346. The fraction of sp³-hybridized carbons (Fsp3) is 0.273. The first-order valence-electron chi connectivity index (χ1n) is 4.49. The molecule has 0 radical (unpaired) electrons. The molecule has 1 aliphatic heterocycles. The van der Waals surface area contributed by atoms with Crippen molar-refractivity contribution in [1.82, 2.24) is 0 Å². The molecule has 3 heteroatoms. The predicted octanol–water partition coefficient (Wildman–Crippen LogP) is 4.95. The number of benzene rings is 1. The summed E-state index contributed by atoms with van der Waals surface area (Å²) in [5.74, 6) is 1.25. The minimum atomic E-state index is 0.581. The third-order valence-electron chi connectivity index (χ3n) is 2.20. The molecule has 0 aliphatic carbocycles. The molecule has 0 bridgehead atoms. The van der Waals surface area contributed by atoms with Gasteiger partial charge in [-0.25, -0.2) is 0 Å². The van der Waals surface area contributed by atoms with Crippen LogP contribution in [0.4, 0.5) is 0 Å². The number of hydrogen-bond donors (Lipinski definition) is 0. The molecule has 1 atom stereocenters. The van der Waals surface area contributed by atoms with Gasteiger partial charge >= 0.3 is 0 Å². The molecule has 1 unspecified atom stereocenters. The first-order valence-corrected chi connectivity index (χ1v) is 7.70. The highest BCUT2D eigenvalue weighted by Gasteiger charge is 2.21. The molecule has 1 heterocycles. The number of allylic oxidation sites excluding steroid dienone is 1.